The monoisotopic (exact) mass is 532 g/mol. The van der Waals surface area contributed by atoms with Gasteiger partial charge in [-0.05, 0) is 97.7 Å². The molecule has 5 N–H and O–H groups in total. The maximum atomic E-state index is 11.7. The van der Waals surface area contributed by atoms with Gasteiger partial charge in [-0.25, -0.2) is 4.18 Å². The Morgan fingerprint density at radius 1 is 1.00 bits per heavy atom. The molecule has 0 bridgehead atoms. The van der Waals surface area contributed by atoms with E-state index in [1.165, 1.54) is 0 Å². The topological polar surface area (TPSA) is 145 Å². The molecule has 4 aliphatic carbocycles. The van der Waals surface area contributed by atoms with Gasteiger partial charge in [0.25, 0.3) is 0 Å². The fourth-order valence-electron chi connectivity index (χ4n) is 9.47. The second kappa shape index (κ2) is 10.7. The highest BCUT2D eigenvalue weighted by molar-refractivity contribution is 7.80. The number of rotatable bonds is 9. The Morgan fingerprint density at radius 3 is 2.39 bits per heavy atom. The molecule has 0 aromatic carbocycles. The number of aliphatic hydroxyl groups excluding tert-OH is 4. The Labute approximate surface area is 216 Å². The van der Waals surface area contributed by atoms with Gasteiger partial charge < -0.3 is 20.4 Å². The Balaban J connectivity index is 1.42. The van der Waals surface area contributed by atoms with E-state index in [0.29, 0.717) is 24.2 Å². The molecule has 36 heavy (non-hydrogen) atoms. The molecule has 0 spiro atoms. The molecule has 0 heterocycles. The van der Waals surface area contributed by atoms with Crippen molar-refractivity contribution in [3.63, 3.8) is 0 Å². The molecule has 12 atom stereocenters. The van der Waals surface area contributed by atoms with Gasteiger partial charge in [0.1, 0.15) is 0 Å². The molecular formula is C27H48O8S. The molecule has 0 aliphatic heterocycles. The van der Waals surface area contributed by atoms with Gasteiger partial charge in [0.2, 0.25) is 0 Å². The van der Waals surface area contributed by atoms with Crippen LogP contribution in [0.5, 0.6) is 0 Å². The van der Waals surface area contributed by atoms with Crippen LogP contribution in [0.3, 0.4) is 0 Å². The van der Waals surface area contributed by atoms with Crippen molar-refractivity contribution in [1.82, 2.24) is 0 Å². The second-order valence-electron chi connectivity index (χ2n) is 13.2. The fourth-order valence-corrected chi connectivity index (χ4v) is 9.84. The average molecular weight is 533 g/mol. The first-order chi connectivity index (χ1) is 16.8. The van der Waals surface area contributed by atoms with Crippen molar-refractivity contribution in [2.75, 3.05) is 13.2 Å². The van der Waals surface area contributed by atoms with Gasteiger partial charge in [-0.1, -0.05) is 33.6 Å². The maximum Gasteiger partial charge on any atom is 0.397 e. The van der Waals surface area contributed by atoms with Gasteiger partial charge in [0.05, 0.1) is 24.9 Å². The van der Waals surface area contributed by atoms with E-state index in [1.807, 2.05) is 0 Å². The van der Waals surface area contributed by atoms with Crippen LogP contribution in [0.25, 0.3) is 0 Å². The summed E-state index contributed by atoms with van der Waals surface area (Å²) in [5.74, 6) is 1.42. The summed E-state index contributed by atoms with van der Waals surface area (Å²) in [5.41, 5.74) is -0.179. The summed E-state index contributed by atoms with van der Waals surface area (Å²) in [7, 11) is -4.51. The zero-order valence-corrected chi connectivity index (χ0v) is 22.9. The largest absolute Gasteiger partial charge is 0.397 e. The van der Waals surface area contributed by atoms with Crippen LogP contribution in [-0.4, -0.2) is 64.9 Å². The molecule has 9 heteroatoms. The minimum Gasteiger partial charge on any atom is -0.396 e. The lowest BCUT2D eigenvalue weighted by atomic mass is 9.43. The molecule has 8 nitrogen and oxygen atoms in total. The standard InChI is InChI=1S/C27H48O8S/c1-16(5-4-6-17(14-28)15-35-36(32,33)34)20-7-8-21-25-22(13-24(31)27(20,21)3)26(2)10-9-19(29)11-18(26)12-23(25)30/h16-25,28-31H,4-15H2,1-3H3,(H,32,33,34)/t16-,17+,18+,19-,20-,21?,22?,23-,24+,25?,26+,27-/m1/s1. The van der Waals surface area contributed by atoms with Crippen molar-refractivity contribution < 1.29 is 37.6 Å². The Morgan fingerprint density at radius 2 is 1.72 bits per heavy atom. The molecule has 0 aromatic heterocycles. The Hall–Kier alpha value is -0.290. The van der Waals surface area contributed by atoms with Crippen LogP contribution < -0.4 is 0 Å². The highest BCUT2D eigenvalue weighted by Crippen LogP contribution is 2.68. The summed E-state index contributed by atoms with van der Waals surface area (Å²) < 4.78 is 34.9. The minimum atomic E-state index is -4.51. The number of hydrogen-bond donors (Lipinski definition) is 5. The summed E-state index contributed by atoms with van der Waals surface area (Å²) in [6.07, 6.45) is 7.30. The SMILES string of the molecule is C[C@H](CCC[C@@H](CO)COS(=O)(=O)O)[C@H]1CCC2C3C(C[C@H](O)[C@@]21C)[C@@]1(C)CC[C@@H](O)C[C@H]1C[C@H]3O. The molecule has 210 valence electrons. The molecule has 3 unspecified atom stereocenters. The third-order valence-corrected chi connectivity index (χ3v) is 11.9. The minimum absolute atomic E-state index is 0.0680. The first kappa shape index (κ1) is 28.7. The zero-order valence-electron chi connectivity index (χ0n) is 22.1. The van der Waals surface area contributed by atoms with Gasteiger partial charge in [0.15, 0.2) is 0 Å². The van der Waals surface area contributed by atoms with Crippen LogP contribution in [0, 0.1) is 52.3 Å². The zero-order chi connectivity index (χ0) is 26.5. The molecule has 0 radical (unpaired) electrons. The van der Waals surface area contributed by atoms with Gasteiger partial charge in [0, 0.05) is 12.5 Å². The van der Waals surface area contributed by atoms with Crippen molar-refractivity contribution >= 4 is 10.4 Å². The smallest absolute Gasteiger partial charge is 0.396 e. The number of fused-ring (bicyclic) bond motifs is 5. The van der Waals surface area contributed by atoms with E-state index >= 15 is 0 Å². The van der Waals surface area contributed by atoms with Crippen LogP contribution >= 0.6 is 0 Å². The fraction of sp³-hybridized carbons (Fsp3) is 1.00. The number of aliphatic hydroxyl groups is 4. The van der Waals surface area contributed by atoms with Gasteiger partial charge in [-0.15, -0.1) is 0 Å². The second-order valence-corrected chi connectivity index (χ2v) is 14.3. The van der Waals surface area contributed by atoms with E-state index in [-0.39, 0.29) is 59.9 Å². The normalized spacial score (nSPS) is 46.4. The van der Waals surface area contributed by atoms with Crippen LogP contribution in [0.15, 0.2) is 0 Å². The highest BCUT2D eigenvalue weighted by atomic mass is 32.3. The maximum absolute atomic E-state index is 11.7. The van der Waals surface area contributed by atoms with Gasteiger partial charge in [-0.2, -0.15) is 8.42 Å². The molecular weight excluding hydrogens is 484 g/mol. The molecule has 4 rings (SSSR count). The first-order valence-corrected chi connectivity index (χ1v) is 15.4. The molecule has 4 aliphatic rings. The van der Waals surface area contributed by atoms with E-state index < -0.39 is 16.5 Å². The molecule has 0 aromatic rings. The van der Waals surface area contributed by atoms with E-state index in [4.69, 9.17) is 4.55 Å². The van der Waals surface area contributed by atoms with Crippen molar-refractivity contribution in [1.29, 1.82) is 0 Å². The van der Waals surface area contributed by atoms with Crippen LogP contribution in [0.4, 0.5) is 0 Å². The van der Waals surface area contributed by atoms with Crippen molar-refractivity contribution in [2.24, 2.45) is 52.3 Å². The summed E-state index contributed by atoms with van der Waals surface area (Å²) in [6.45, 7) is 6.39. The quantitative estimate of drug-likeness (QED) is 0.285. The molecule has 0 amide bonds. The summed E-state index contributed by atoms with van der Waals surface area (Å²) in [6, 6.07) is 0. The predicted molar refractivity (Wildman–Crippen MR) is 135 cm³/mol. The van der Waals surface area contributed by atoms with Crippen molar-refractivity contribution in [2.45, 2.75) is 103 Å². The lowest BCUT2D eigenvalue weighted by molar-refractivity contribution is -0.207. The van der Waals surface area contributed by atoms with Gasteiger partial charge >= 0.3 is 10.4 Å². The van der Waals surface area contributed by atoms with Crippen LogP contribution in [-0.2, 0) is 14.6 Å². The predicted octanol–water partition coefficient (Wildman–Crippen LogP) is 3.18. The van der Waals surface area contributed by atoms with Crippen LogP contribution in [0.1, 0.15) is 85.0 Å². The molecule has 4 saturated carbocycles. The van der Waals surface area contributed by atoms with E-state index in [9.17, 15) is 28.8 Å². The van der Waals surface area contributed by atoms with Gasteiger partial charge in [-0.3, -0.25) is 4.55 Å². The molecule has 4 fully saturated rings. The van der Waals surface area contributed by atoms with E-state index in [2.05, 4.69) is 25.0 Å². The Kier molecular flexibility index (Phi) is 8.53. The lowest BCUT2D eigenvalue weighted by Crippen LogP contribution is -2.62. The highest BCUT2D eigenvalue weighted by Gasteiger charge is 2.65. The summed E-state index contributed by atoms with van der Waals surface area (Å²) >= 11 is 0. The average Bonchev–Trinajstić information content (AvgIpc) is 3.16. The van der Waals surface area contributed by atoms with E-state index in [0.717, 1.165) is 57.8 Å². The third-order valence-electron chi connectivity index (χ3n) is 11.5. The third kappa shape index (κ3) is 5.27. The Bertz CT molecular complexity index is 866. The summed E-state index contributed by atoms with van der Waals surface area (Å²) in [4.78, 5) is 0. The van der Waals surface area contributed by atoms with Crippen LogP contribution in [0.2, 0.25) is 0 Å². The molecule has 0 saturated heterocycles. The lowest BCUT2D eigenvalue weighted by Gasteiger charge is -2.63. The van der Waals surface area contributed by atoms with Crippen molar-refractivity contribution in [3.05, 3.63) is 0 Å². The summed E-state index contributed by atoms with van der Waals surface area (Å²) in [5, 5.41) is 42.9. The first-order valence-electron chi connectivity index (χ1n) is 14.1. The van der Waals surface area contributed by atoms with Crippen molar-refractivity contribution in [3.8, 4) is 0 Å². The van der Waals surface area contributed by atoms with E-state index in [1.54, 1.807) is 0 Å². The number of hydrogen-bond acceptors (Lipinski definition) is 7.